The van der Waals surface area contributed by atoms with Crippen LogP contribution in [0, 0.1) is 11.3 Å². The van der Waals surface area contributed by atoms with Gasteiger partial charge in [0.25, 0.3) is 0 Å². The summed E-state index contributed by atoms with van der Waals surface area (Å²) in [5.74, 6) is -0.0214. The predicted octanol–water partition coefficient (Wildman–Crippen LogP) is 1.24. The number of rotatable bonds is 5. The molecule has 0 aliphatic carbocycles. The lowest BCUT2D eigenvalue weighted by Crippen LogP contribution is -2.31. The Morgan fingerprint density at radius 2 is 2.53 bits per heavy atom. The summed E-state index contributed by atoms with van der Waals surface area (Å²) >= 11 is 1.39. The van der Waals surface area contributed by atoms with E-state index in [0.29, 0.717) is 23.0 Å². The largest absolute Gasteiger partial charge is 0.317 e. The van der Waals surface area contributed by atoms with Gasteiger partial charge in [-0.15, -0.1) is 11.3 Å². The van der Waals surface area contributed by atoms with E-state index in [1.165, 1.54) is 11.3 Å². The SMILES string of the molecule is CNC1CCN(CCC(=O)Nc2sccc2C#N)C1. The van der Waals surface area contributed by atoms with Crippen molar-refractivity contribution in [3.05, 3.63) is 17.0 Å². The third-order valence-corrected chi connectivity index (χ3v) is 4.20. The first kappa shape index (κ1) is 14.0. The van der Waals surface area contributed by atoms with Gasteiger partial charge in [-0.2, -0.15) is 5.26 Å². The van der Waals surface area contributed by atoms with Crippen molar-refractivity contribution in [3.8, 4) is 6.07 Å². The van der Waals surface area contributed by atoms with Crippen LogP contribution in [0.25, 0.3) is 0 Å². The summed E-state index contributed by atoms with van der Waals surface area (Å²) in [7, 11) is 1.97. The molecule has 102 valence electrons. The van der Waals surface area contributed by atoms with Gasteiger partial charge < -0.3 is 15.5 Å². The number of nitriles is 1. The summed E-state index contributed by atoms with van der Waals surface area (Å²) in [4.78, 5) is 14.1. The summed E-state index contributed by atoms with van der Waals surface area (Å²) in [5, 5.41) is 17.4. The predicted molar refractivity (Wildman–Crippen MR) is 76.2 cm³/mol. The van der Waals surface area contributed by atoms with Gasteiger partial charge in [-0.05, 0) is 31.5 Å². The molecule has 1 aliphatic rings. The summed E-state index contributed by atoms with van der Waals surface area (Å²) in [6.07, 6.45) is 1.61. The number of nitrogens with one attached hydrogen (secondary N) is 2. The van der Waals surface area contributed by atoms with Crippen LogP contribution in [0.2, 0.25) is 0 Å². The minimum absolute atomic E-state index is 0.0214. The topological polar surface area (TPSA) is 68.2 Å². The number of amides is 1. The zero-order valence-electron chi connectivity index (χ0n) is 11.0. The van der Waals surface area contributed by atoms with E-state index >= 15 is 0 Å². The Morgan fingerprint density at radius 3 is 3.21 bits per heavy atom. The lowest BCUT2D eigenvalue weighted by atomic mass is 10.3. The van der Waals surface area contributed by atoms with Gasteiger partial charge in [0.15, 0.2) is 0 Å². The Kier molecular flexibility index (Phi) is 4.91. The highest BCUT2D eigenvalue weighted by Crippen LogP contribution is 2.22. The average molecular weight is 278 g/mol. The molecule has 0 saturated carbocycles. The summed E-state index contributed by atoms with van der Waals surface area (Å²) in [6.45, 7) is 2.82. The standard InChI is InChI=1S/C13H18N4OS/c1-15-11-2-5-17(9-11)6-3-12(18)16-13-10(8-14)4-7-19-13/h4,7,11,15H,2-3,5-6,9H2,1H3,(H,16,18). The number of carbonyl (C=O) groups is 1. The van der Waals surface area contributed by atoms with Gasteiger partial charge in [-0.3, -0.25) is 4.79 Å². The van der Waals surface area contributed by atoms with Crippen molar-refractivity contribution < 1.29 is 4.79 Å². The molecular formula is C13H18N4OS. The van der Waals surface area contributed by atoms with Crippen LogP contribution in [-0.2, 0) is 4.79 Å². The van der Waals surface area contributed by atoms with Gasteiger partial charge in [-0.25, -0.2) is 0 Å². The van der Waals surface area contributed by atoms with E-state index in [9.17, 15) is 4.79 Å². The first-order valence-corrected chi connectivity index (χ1v) is 7.28. The van der Waals surface area contributed by atoms with E-state index < -0.39 is 0 Å². The number of likely N-dealkylation sites (tertiary alicyclic amines) is 1. The normalized spacial score (nSPS) is 19.3. The zero-order chi connectivity index (χ0) is 13.7. The lowest BCUT2D eigenvalue weighted by Gasteiger charge is -2.15. The van der Waals surface area contributed by atoms with Crippen molar-refractivity contribution in [1.29, 1.82) is 5.26 Å². The maximum absolute atomic E-state index is 11.8. The first-order chi connectivity index (χ1) is 9.22. The number of likely N-dealkylation sites (N-methyl/N-ethyl adjacent to an activating group) is 1. The van der Waals surface area contributed by atoms with Crippen molar-refractivity contribution in [2.75, 3.05) is 32.0 Å². The number of nitrogens with zero attached hydrogens (tertiary/aromatic N) is 2. The molecule has 1 aromatic rings. The van der Waals surface area contributed by atoms with Crippen LogP contribution >= 0.6 is 11.3 Å². The molecule has 1 aliphatic heterocycles. The van der Waals surface area contributed by atoms with Gasteiger partial charge >= 0.3 is 0 Å². The number of thiophene rings is 1. The second kappa shape index (κ2) is 6.66. The van der Waals surface area contributed by atoms with Crippen molar-refractivity contribution in [2.45, 2.75) is 18.9 Å². The second-order valence-electron chi connectivity index (χ2n) is 4.65. The molecule has 5 nitrogen and oxygen atoms in total. The van der Waals surface area contributed by atoms with E-state index in [4.69, 9.17) is 5.26 Å². The van der Waals surface area contributed by atoms with Crippen molar-refractivity contribution in [3.63, 3.8) is 0 Å². The van der Waals surface area contributed by atoms with E-state index in [2.05, 4.69) is 21.6 Å². The minimum Gasteiger partial charge on any atom is -0.317 e. The van der Waals surface area contributed by atoms with Gasteiger partial charge in [0.05, 0.1) is 5.56 Å². The van der Waals surface area contributed by atoms with Crippen LogP contribution in [0.3, 0.4) is 0 Å². The highest BCUT2D eigenvalue weighted by atomic mass is 32.1. The molecule has 2 rings (SSSR count). The number of hydrogen-bond acceptors (Lipinski definition) is 5. The third kappa shape index (κ3) is 3.77. The fourth-order valence-corrected chi connectivity index (χ4v) is 2.97. The smallest absolute Gasteiger partial charge is 0.226 e. The van der Waals surface area contributed by atoms with E-state index in [1.54, 1.807) is 6.07 Å². The summed E-state index contributed by atoms with van der Waals surface area (Å²) in [5.41, 5.74) is 0.537. The van der Waals surface area contributed by atoms with Crippen molar-refractivity contribution in [2.24, 2.45) is 0 Å². The molecule has 0 radical (unpaired) electrons. The first-order valence-electron chi connectivity index (χ1n) is 6.40. The van der Waals surface area contributed by atoms with E-state index in [-0.39, 0.29) is 5.91 Å². The van der Waals surface area contributed by atoms with Gasteiger partial charge in [0, 0.05) is 25.6 Å². The molecule has 6 heteroatoms. The number of carbonyl (C=O) groups excluding carboxylic acids is 1. The van der Waals surface area contributed by atoms with Crippen LogP contribution < -0.4 is 10.6 Å². The van der Waals surface area contributed by atoms with Crippen molar-refractivity contribution in [1.82, 2.24) is 10.2 Å². The zero-order valence-corrected chi connectivity index (χ0v) is 11.8. The van der Waals surface area contributed by atoms with Gasteiger partial charge in [0.2, 0.25) is 5.91 Å². The van der Waals surface area contributed by atoms with Crippen LogP contribution in [0.1, 0.15) is 18.4 Å². The summed E-state index contributed by atoms with van der Waals surface area (Å²) < 4.78 is 0. The Bertz CT molecular complexity index is 479. The molecule has 1 unspecified atom stereocenters. The molecular weight excluding hydrogens is 260 g/mol. The molecule has 19 heavy (non-hydrogen) atoms. The third-order valence-electron chi connectivity index (χ3n) is 3.37. The Morgan fingerprint density at radius 1 is 1.68 bits per heavy atom. The molecule has 2 heterocycles. The minimum atomic E-state index is -0.0214. The van der Waals surface area contributed by atoms with Gasteiger partial charge in [0.1, 0.15) is 11.1 Å². The average Bonchev–Trinajstić information content (AvgIpc) is 3.04. The van der Waals surface area contributed by atoms with E-state index in [1.807, 2.05) is 12.4 Å². The summed E-state index contributed by atoms with van der Waals surface area (Å²) in [6, 6.07) is 4.34. The fraction of sp³-hybridized carbons (Fsp3) is 0.538. The van der Waals surface area contributed by atoms with Crippen LogP contribution in [0.4, 0.5) is 5.00 Å². The van der Waals surface area contributed by atoms with E-state index in [0.717, 1.165) is 26.1 Å². The fourth-order valence-electron chi connectivity index (χ4n) is 2.21. The Hall–Kier alpha value is -1.42. The van der Waals surface area contributed by atoms with Crippen LogP contribution in [-0.4, -0.2) is 43.5 Å². The molecule has 1 amide bonds. The van der Waals surface area contributed by atoms with Crippen LogP contribution in [0.5, 0.6) is 0 Å². The highest BCUT2D eigenvalue weighted by Gasteiger charge is 2.21. The van der Waals surface area contributed by atoms with Crippen molar-refractivity contribution >= 4 is 22.2 Å². The Balaban J connectivity index is 1.75. The molecule has 2 N–H and O–H groups in total. The molecule has 1 saturated heterocycles. The molecule has 1 aromatic heterocycles. The molecule has 0 spiro atoms. The highest BCUT2D eigenvalue weighted by molar-refractivity contribution is 7.14. The lowest BCUT2D eigenvalue weighted by molar-refractivity contribution is -0.116. The van der Waals surface area contributed by atoms with Crippen LogP contribution in [0.15, 0.2) is 11.4 Å². The maximum Gasteiger partial charge on any atom is 0.226 e. The monoisotopic (exact) mass is 278 g/mol. The second-order valence-corrected chi connectivity index (χ2v) is 5.56. The Labute approximate surface area is 117 Å². The molecule has 1 fully saturated rings. The molecule has 0 aromatic carbocycles. The quantitative estimate of drug-likeness (QED) is 0.850. The number of hydrogen-bond donors (Lipinski definition) is 2. The maximum atomic E-state index is 11.8. The molecule has 1 atom stereocenters. The number of anilines is 1. The molecule has 0 bridgehead atoms. The van der Waals surface area contributed by atoms with Gasteiger partial charge in [-0.1, -0.05) is 0 Å².